The fourth-order valence-corrected chi connectivity index (χ4v) is 2.21. The second-order valence-electron chi connectivity index (χ2n) is 4.63. The van der Waals surface area contributed by atoms with Crippen LogP contribution in [0, 0.1) is 0 Å². The molecule has 1 fully saturated rings. The monoisotopic (exact) mass is 258 g/mol. The van der Waals surface area contributed by atoms with Gasteiger partial charge in [0.05, 0.1) is 0 Å². The minimum absolute atomic E-state index is 0.0209. The van der Waals surface area contributed by atoms with Gasteiger partial charge < -0.3 is 15.2 Å². The van der Waals surface area contributed by atoms with E-state index in [2.05, 4.69) is 14.7 Å². The third kappa shape index (κ3) is 2.34. The molecule has 3 rings (SSSR count). The van der Waals surface area contributed by atoms with Crippen molar-refractivity contribution in [3.05, 3.63) is 36.2 Å². The van der Waals surface area contributed by atoms with Gasteiger partial charge in [-0.05, 0) is 18.6 Å². The van der Waals surface area contributed by atoms with E-state index < -0.39 is 0 Å². The van der Waals surface area contributed by atoms with Crippen LogP contribution in [-0.2, 0) is 0 Å². The lowest BCUT2D eigenvalue weighted by atomic mass is 10.1. The summed E-state index contributed by atoms with van der Waals surface area (Å²) >= 11 is 0. The lowest BCUT2D eigenvalue weighted by molar-refractivity contribution is 0.0791. The zero-order chi connectivity index (χ0) is 13.2. The van der Waals surface area contributed by atoms with Gasteiger partial charge in [-0.2, -0.15) is 4.98 Å². The minimum Gasteiger partial charge on any atom is -0.342 e. The van der Waals surface area contributed by atoms with Gasteiger partial charge >= 0.3 is 0 Å². The SMILES string of the molecule is N[C@@H]1CCN(C(=O)c2ccc(-c3ncon3)cc2)C1. The second kappa shape index (κ2) is 4.81. The van der Waals surface area contributed by atoms with Gasteiger partial charge in [0.1, 0.15) is 0 Å². The molecule has 6 heteroatoms. The molecule has 0 spiro atoms. The summed E-state index contributed by atoms with van der Waals surface area (Å²) in [5.74, 6) is 0.537. The molecule has 1 amide bonds. The number of benzene rings is 1. The Kier molecular flexibility index (Phi) is 3.00. The van der Waals surface area contributed by atoms with Crippen LogP contribution in [0.5, 0.6) is 0 Å². The van der Waals surface area contributed by atoms with E-state index in [-0.39, 0.29) is 11.9 Å². The van der Waals surface area contributed by atoms with Crippen LogP contribution in [-0.4, -0.2) is 40.1 Å². The van der Waals surface area contributed by atoms with E-state index in [1.807, 2.05) is 12.1 Å². The van der Waals surface area contributed by atoms with Crippen LogP contribution in [0.25, 0.3) is 11.4 Å². The highest BCUT2D eigenvalue weighted by Gasteiger charge is 2.24. The van der Waals surface area contributed by atoms with Crippen molar-refractivity contribution in [2.24, 2.45) is 5.73 Å². The maximum atomic E-state index is 12.2. The number of hydrogen-bond donors (Lipinski definition) is 1. The highest BCUT2D eigenvalue weighted by atomic mass is 16.5. The summed E-state index contributed by atoms with van der Waals surface area (Å²) < 4.78 is 4.69. The predicted octanol–water partition coefficient (Wildman–Crippen LogP) is 0.910. The van der Waals surface area contributed by atoms with Crippen molar-refractivity contribution in [1.29, 1.82) is 0 Å². The van der Waals surface area contributed by atoms with Crippen LogP contribution in [0.2, 0.25) is 0 Å². The van der Waals surface area contributed by atoms with E-state index in [4.69, 9.17) is 5.73 Å². The topological polar surface area (TPSA) is 85.2 Å². The fourth-order valence-electron chi connectivity index (χ4n) is 2.21. The number of aromatic nitrogens is 2. The summed E-state index contributed by atoms with van der Waals surface area (Å²) in [5, 5.41) is 3.75. The van der Waals surface area contributed by atoms with E-state index in [1.165, 1.54) is 6.39 Å². The smallest absolute Gasteiger partial charge is 0.253 e. The molecule has 2 aromatic rings. The molecule has 98 valence electrons. The standard InChI is InChI=1S/C13H14N4O2/c14-11-5-6-17(7-11)13(18)10-3-1-9(2-4-10)12-15-8-19-16-12/h1-4,8,11H,5-7,14H2/t11-/m1/s1. The van der Waals surface area contributed by atoms with Crippen molar-refractivity contribution in [3.63, 3.8) is 0 Å². The normalized spacial score (nSPS) is 18.8. The van der Waals surface area contributed by atoms with Crippen LogP contribution in [0.4, 0.5) is 0 Å². The van der Waals surface area contributed by atoms with Crippen LogP contribution in [0.15, 0.2) is 35.2 Å². The van der Waals surface area contributed by atoms with Crippen LogP contribution < -0.4 is 5.73 Å². The minimum atomic E-state index is 0.0209. The van der Waals surface area contributed by atoms with Crippen molar-refractivity contribution < 1.29 is 9.32 Å². The number of nitrogens with zero attached hydrogens (tertiary/aromatic N) is 3. The first-order valence-electron chi connectivity index (χ1n) is 6.16. The van der Waals surface area contributed by atoms with Crippen molar-refractivity contribution in [2.75, 3.05) is 13.1 Å². The largest absolute Gasteiger partial charge is 0.342 e. The molecule has 0 saturated carbocycles. The Bertz CT molecular complexity index is 565. The fraction of sp³-hybridized carbons (Fsp3) is 0.308. The molecule has 1 aromatic heterocycles. The number of hydrogen-bond acceptors (Lipinski definition) is 5. The Labute approximate surface area is 110 Å². The number of amides is 1. The Hall–Kier alpha value is -2.21. The zero-order valence-electron chi connectivity index (χ0n) is 10.3. The van der Waals surface area contributed by atoms with Crippen molar-refractivity contribution in [3.8, 4) is 11.4 Å². The summed E-state index contributed by atoms with van der Waals surface area (Å²) in [4.78, 5) is 18.0. The molecule has 1 saturated heterocycles. The summed E-state index contributed by atoms with van der Waals surface area (Å²) in [6, 6.07) is 7.28. The first-order valence-corrected chi connectivity index (χ1v) is 6.16. The lowest BCUT2D eigenvalue weighted by Gasteiger charge is -2.15. The Balaban J connectivity index is 1.77. The van der Waals surface area contributed by atoms with Gasteiger partial charge in [0.2, 0.25) is 12.2 Å². The van der Waals surface area contributed by atoms with Gasteiger partial charge in [0.15, 0.2) is 0 Å². The molecule has 2 N–H and O–H groups in total. The number of carbonyl (C=O) groups is 1. The molecule has 1 aliphatic heterocycles. The first kappa shape index (κ1) is 11.9. The maximum absolute atomic E-state index is 12.2. The molecule has 1 atom stereocenters. The lowest BCUT2D eigenvalue weighted by Crippen LogP contribution is -2.31. The number of carbonyl (C=O) groups excluding carboxylic acids is 1. The highest BCUT2D eigenvalue weighted by Crippen LogP contribution is 2.17. The van der Waals surface area contributed by atoms with Gasteiger partial charge in [-0.15, -0.1) is 0 Å². The van der Waals surface area contributed by atoms with E-state index >= 15 is 0 Å². The van der Waals surface area contributed by atoms with Crippen LogP contribution in [0.3, 0.4) is 0 Å². The van der Waals surface area contributed by atoms with Gasteiger partial charge in [-0.25, -0.2) is 0 Å². The van der Waals surface area contributed by atoms with E-state index in [1.54, 1.807) is 17.0 Å². The molecule has 1 aliphatic rings. The van der Waals surface area contributed by atoms with Gasteiger partial charge in [0, 0.05) is 30.3 Å². The average molecular weight is 258 g/mol. The first-order chi connectivity index (χ1) is 9.24. The Morgan fingerprint density at radius 3 is 2.74 bits per heavy atom. The third-order valence-electron chi connectivity index (χ3n) is 3.26. The van der Waals surface area contributed by atoms with Gasteiger partial charge in [0.25, 0.3) is 5.91 Å². The molecule has 1 aromatic carbocycles. The number of rotatable bonds is 2. The quantitative estimate of drug-likeness (QED) is 0.865. The summed E-state index contributed by atoms with van der Waals surface area (Å²) in [5.41, 5.74) is 7.29. The molecule has 0 aliphatic carbocycles. The molecule has 0 bridgehead atoms. The Morgan fingerprint density at radius 1 is 1.37 bits per heavy atom. The van der Waals surface area contributed by atoms with Crippen LogP contribution >= 0.6 is 0 Å². The summed E-state index contributed by atoms with van der Waals surface area (Å²) in [7, 11) is 0. The highest BCUT2D eigenvalue weighted by molar-refractivity contribution is 5.94. The number of nitrogens with two attached hydrogens (primary N) is 1. The summed E-state index contributed by atoms with van der Waals surface area (Å²) in [6.45, 7) is 1.36. The molecule has 0 unspecified atom stereocenters. The molecule has 19 heavy (non-hydrogen) atoms. The zero-order valence-corrected chi connectivity index (χ0v) is 10.3. The van der Waals surface area contributed by atoms with Crippen LogP contribution in [0.1, 0.15) is 16.8 Å². The Morgan fingerprint density at radius 2 is 2.16 bits per heavy atom. The van der Waals surface area contributed by atoms with E-state index in [0.717, 1.165) is 18.5 Å². The van der Waals surface area contributed by atoms with E-state index in [9.17, 15) is 4.79 Å². The second-order valence-corrected chi connectivity index (χ2v) is 4.63. The van der Waals surface area contributed by atoms with Gasteiger partial charge in [-0.1, -0.05) is 17.3 Å². The molecule has 6 nitrogen and oxygen atoms in total. The predicted molar refractivity (Wildman–Crippen MR) is 68.2 cm³/mol. The van der Waals surface area contributed by atoms with Gasteiger partial charge in [-0.3, -0.25) is 4.79 Å². The molecule has 2 heterocycles. The summed E-state index contributed by atoms with van der Waals surface area (Å²) in [6.07, 6.45) is 2.15. The maximum Gasteiger partial charge on any atom is 0.253 e. The van der Waals surface area contributed by atoms with Crippen molar-refractivity contribution >= 4 is 5.91 Å². The van der Waals surface area contributed by atoms with Crippen molar-refractivity contribution in [1.82, 2.24) is 15.0 Å². The number of likely N-dealkylation sites (tertiary alicyclic amines) is 1. The third-order valence-corrected chi connectivity index (χ3v) is 3.26. The van der Waals surface area contributed by atoms with Crippen molar-refractivity contribution in [2.45, 2.75) is 12.5 Å². The molecular weight excluding hydrogens is 244 g/mol. The van der Waals surface area contributed by atoms with E-state index in [0.29, 0.717) is 17.9 Å². The average Bonchev–Trinajstić information content (AvgIpc) is 3.09. The molecule has 0 radical (unpaired) electrons. The molecular formula is C13H14N4O2.